The van der Waals surface area contributed by atoms with Gasteiger partial charge in [0.2, 0.25) is 5.96 Å². The molecule has 1 N–H and O–H groups in total. The number of carbonyl (C=O) groups is 1. The maximum Gasteiger partial charge on any atom is 0.416 e. The Morgan fingerprint density at radius 3 is 2.59 bits per heavy atom. The number of rotatable bonds is 3. The number of benzene rings is 3. The highest BCUT2D eigenvalue weighted by Crippen LogP contribution is 2.44. The van der Waals surface area contributed by atoms with Crippen molar-refractivity contribution in [2.24, 2.45) is 4.99 Å². The van der Waals surface area contributed by atoms with Crippen molar-refractivity contribution in [3.63, 3.8) is 0 Å². The minimum atomic E-state index is -4.62. The van der Waals surface area contributed by atoms with Gasteiger partial charge in [0, 0.05) is 36.6 Å². The van der Waals surface area contributed by atoms with E-state index in [9.17, 15) is 27.5 Å². The summed E-state index contributed by atoms with van der Waals surface area (Å²) in [5.74, 6) is -1.99. The normalized spacial score (nSPS) is 20.3. The number of halogens is 5. The van der Waals surface area contributed by atoms with E-state index in [2.05, 4.69) is 9.89 Å². The first kappa shape index (κ1) is 25.1. The van der Waals surface area contributed by atoms with Crippen LogP contribution < -0.4 is 9.80 Å². The van der Waals surface area contributed by atoms with E-state index in [1.165, 1.54) is 41.3 Å². The van der Waals surface area contributed by atoms with E-state index in [0.717, 1.165) is 23.4 Å². The second-order valence-electron chi connectivity index (χ2n) is 9.89. The fourth-order valence-corrected chi connectivity index (χ4v) is 5.85. The van der Waals surface area contributed by atoms with Gasteiger partial charge < -0.3 is 19.8 Å². The third kappa shape index (κ3) is 4.45. The molecule has 3 aromatic rings. The maximum atomic E-state index is 15.0. The van der Waals surface area contributed by atoms with Crippen molar-refractivity contribution in [1.82, 2.24) is 4.90 Å². The predicted octanol–water partition coefficient (Wildman–Crippen LogP) is 5.75. The number of anilines is 2. The fraction of sp³-hybridized carbons (Fsp3) is 0.286. The number of nitrogens with zero attached hydrogens (tertiary/aromatic N) is 4. The van der Waals surface area contributed by atoms with Crippen molar-refractivity contribution < 1.29 is 31.9 Å². The van der Waals surface area contributed by atoms with E-state index >= 15 is 4.39 Å². The number of para-hydroxylation sites is 1. The van der Waals surface area contributed by atoms with Crippen LogP contribution in [0.3, 0.4) is 0 Å². The monoisotopic (exact) mass is 542 g/mol. The van der Waals surface area contributed by atoms with Crippen LogP contribution in [0.4, 0.5) is 39.0 Å². The maximum absolute atomic E-state index is 15.0. The van der Waals surface area contributed by atoms with Crippen LogP contribution in [0.15, 0.2) is 65.7 Å². The molecular weight excluding hydrogens is 519 g/mol. The molecule has 1 fully saturated rings. The Morgan fingerprint density at radius 1 is 1.03 bits per heavy atom. The topological polar surface area (TPSA) is 59.4 Å². The minimum absolute atomic E-state index is 0.0267. The number of hydrogen-bond acceptors (Lipinski definition) is 5. The van der Waals surface area contributed by atoms with E-state index in [1.54, 1.807) is 12.1 Å². The Balaban J connectivity index is 1.45. The number of alkyl halides is 3. The first-order valence-corrected chi connectivity index (χ1v) is 12.5. The summed E-state index contributed by atoms with van der Waals surface area (Å²) in [6.45, 7) is 1.30. The summed E-state index contributed by atoms with van der Waals surface area (Å²) >= 11 is 0. The second-order valence-corrected chi connectivity index (χ2v) is 9.89. The number of piperazine rings is 1. The zero-order valence-electron chi connectivity index (χ0n) is 20.5. The molecule has 11 heteroatoms. The molecule has 39 heavy (non-hydrogen) atoms. The Bertz CT molecular complexity index is 1490. The second kappa shape index (κ2) is 9.25. The fourth-order valence-electron chi connectivity index (χ4n) is 5.85. The van der Waals surface area contributed by atoms with Gasteiger partial charge in [-0.05, 0) is 54.4 Å². The number of aliphatic carboxylic acids is 1. The van der Waals surface area contributed by atoms with Crippen LogP contribution >= 0.6 is 0 Å². The molecule has 0 radical (unpaired) electrons. The molecule has 0 aromatic heterocycles. The Hall–Kier alpha value is -4.15. The summed E-state index contributed by atoms with van der Waals surface area (Å²) in [5, 5.41) is 9.76. The van der Waals surface area contributed by atoms with E-state index in [-0.39, 0.29) is 34.8 Å². The van der Waals surface area contributed by atoms with Gasteiger partial charge in [0.15, 0.2) is 0 Å². The molecular formula is C28H23F5N4O2. The molecule has 3 heterocycles. The highest BCUT2D eigenvalue weighted by molar-refractivity contribution is 6.01. The standard InChI is InChI=1S/C28H23F5N4O2/c29-18-7-8-23-16(11-18)12-20-15-35(9-10-36(20)23)27-34-26-21(5-2-6-22(26)30)24(14-25(38)39)37(27)19-4-1-3-17(13-19)28(31,32)33/h1-8,11,13,20,24H,9-10,12,14-15H2,(H,38,39). The van der Waals surface area contributed by atoms with Crippen molar-refractivity contribution in [3.05, 3.63) is 89.0 Å². The van der Waals surface area contributed by atoms with Crippen LogP contribution in [-0.4, -0.2) is 47.6 Å². The van der Waals surface area contributed by atoms with Crippen molar-refractivity contribution >= 4 is 29.0 Å². The molecule has 3 aliphatic heterocycles. The summed E-state index contributed by atoms with van der Waals surface area (Å²) in [4.78, 5) is 22.0. The molecule has 3 aromatic carbocycles. The zero-order chi connectivity index (χ0) is 27.5. The minimum Gasteiger partial charge on any atom is -0.481 e. The number of aliphatic imine (C=N–C) groups is 1. The smallest absolute Gasteiger partial charge is 0.416 e. The van der Waals surface area contributed by atoms with Gasteiger partial charge in [-0.25, -0.2) is 13.8 Å². The van der Waals surface area contributed by atoms with E-state index in [0.29, 0.717) is 26.1 Å². The van der Waals surface area contributed by atoms with Crippen LogP contribution in [0.5, 0.6) is 0 Å². The van der Waals surface area contributed by atoms with Crippen LogP contribution in [0.25, 0.3) is 0 Å². The summed E-state index contributed by atoms with van der Waals surface area (Å²) in [7, 11) is 0. The molecule has 6 nitrogen and oxygen atoms in total. The Morgan fingerprint density at radius 2 is 1.82 bits per heavy atom. The van der Waals surface area contributed by atoms with Crippen molar-refractivity contribution in [1.29, 1.82) is 0 Å². The molecule has 2 unspecified atom stereocenters. The summed E-state index contributed by atoms with van der Waals surface area (Å²) in [6.07, 6.45) is -4.55. The van der Waals surface area contributed by atoms with Gasteiger partial charge in [0.25, 0.3) is 0 Å². The van der Waals surface area contributed by atoms with Crippen molar-refractivity contribution in [2.75, 3.05) is 29.4 Å². The van der Waals surface area contributed by atoms with Crippen LogP contribution in [0, 0.1) is 11.6 Å². The summed E-state index contributed by atoms with van der Waals surface area (Å²) in [6, 6.07) is 12.4. The van der Waals surface area contributed by atoms with Gasteiger partial charge in [-0.2, -0.15) is 13.2 Å². The van der Waals surface area contributed by atoms with Crippen LogP contribution in [0.2, 0.25) is 0 Å². The van der Waals surface area contributed by atoms with Crippen molar-refractivity contribution in [2.45, 2.75) is 31.1 Å². The summed E-state index contributed by atoms with van der Waals surface area (Å²) < 4.78 is 69.9. The molecule has 202 valence electrons. The van der Waals surface area contributed by atoms with Crippen LogP contribution in [0.1, 0.15) is 29.2 Å². The molecule has 6 rings (SSSR count). The first-order chi connectivity index (χ1) is 18.6. The molecule has 0 saturated carbocycles. The Kier molecular flexibility index (Phi) is 5.96. The van der Waals surface area contributed by atoms with Gasteiger partial charge in [-0.1, -0.05) is 18.2 Å². The third-order valence-corrected chi connectivity index (χ3v) is 7.51. The SMILES string of the molecule is O=C(O)CC1c2cccc(F)c2N=C(N2CCN3c4ccc(F)cc4CC3C2)N1c1cccc(C(F)(F)F)c1. The molecule has 0 spiro atoms. The highest BCUT2D eigenvalue weighted by atomic mass is 19.4. The average molecular weight is 543 g/mol. The third-order valence-electron chi connectivity index (χ3n) is 7.51. The molecule has 0 bridgehead atoms. The lowest BCUT2D eigenvalue weighted by Crippen LogP contribution is -2.58. The molecule has 1 saturated heterocycles. The molecule has 0 aliphatic carbocycles. The predicted molar refractivity (Wildman–Crippen MR) is 135 cm³/mol. The van der Waals surface area contributed by atoms with Gasteiger partial charge in [0.1, 0.15) is 17.3 Å². The van der Waals surface area contributed by atoms with Gasteiger partial charge in [-0.3, -0.25) is 4.79 Å². The molecule has 3 aliphatic rings. The number of guanidine groups is 1. The lowest BCUT2D eigenvalue weighted by Gasteiger charge is -2.46. The zero-order valence-corrected chi connectivity index (χ0v) is 20.5. The number of fused-ring (bicyclic) bond motifs is 4. The average Bonchev–Trinajstić information content (AvgIpc) is 3.25. The van der Waals surface area contributed by atoms with Crippen LogP contribution in [-0.2, 0) is 17.4 Å². The lowest BCUT2D eigenvalue weighted by atomic mass is 9.96. The number of carboxylic acids is 1. The highest BCUT2D eigenvalue weighted by Gasteiger charge is 2.41. The molecule has 0 amide bonds. The quantitative estimate of drug-likeness (QED) is 0.427. The van der Waals surface area contributed by atoms with Gasteiger partial charge in [-0.15, -0.1) is 0 Å². The van der Waals surface area contributed by atoms with E-state index in [1.807, 2.05) is 4.90 Å². The van der Waals surface area contributed by atoms with E-state index in [4.69, 9.17) is 0 Å². The Labute approximate surface area is 220 Å². The lowest BCUT2D eigenvalue weighted by molar-refractivity contribution is -0.138. The van der Waals surface area contributed by atoms with Gasteiger partial charge >= 0.3 is 12.1 Å². The van der Waals surface area contributed by atoms with E-state index < -0.39 is 36.0 Å². The number of carboxylic acid groups (broad SMARTS) is 1. The van der Waals surface area contributed by atoms with Gasteiger partial charge in [0.05, 0.1) is 24.1 Å². The summed E-state index contributed by atoms with van der Waals surface area (Å²) in [5.41, 5.74) is 1.26. The largest absolute Gasteiger partial charge is 0.481 e. The molecule has 2 atom stereocenters. The number of hydrogen-bond donors (Lipinski definition) is 1. The van der Waals surface area contributed by atoms with Crippen molar-refractivity contribution in [3.8, 4) is 0 Å². The first-order valence-electron chi connectivity index (χ1n) is 12.5.